The van der Waals surface area contributed by atoms with Crippen LogP contribution in [0.1, 0.15) is 30.4 Å². The molecule has 2 N–H and O–H groups in total. The van der Waals surface area contributed by atoms with Gasteiger partial charge in [0.2, 0.25) is 5.91 Å². The normalized spacial score (nSPS) is 15.3. The fraction of sp³-hybridized carbons (Fsp3) is 0.364. The molecule has 5 heteroatoms. The molecule has 1 aliphatic heterocycles. The van der Waals surface area contributed by atoms with Gasteiger partial charge in [0, 0.05) is 32.1 Å². The standard InChI is InChI=1S/C22H27N3OS/c26-21(12-11-18-7-3-1-4-8-18)24-22(27)23-20-13-15-25(16-14-20)17-19-9-5-2-6-10-19/h1-10,20H,11-17H2,(H2,23,24,26,27). The van der Waals surface area contributed by atoms with Crippen molar-refractivity contribution in [1.82, 2.24) is 15.5 Å². The minimum Gasteiger partial charge on any atom is -0.360 e. The van der Waals surface area contributed by atoms with E-state index in [2.05, 4.69) is 45.9 Å². The summed E-state index contributed by atoms with van der Waals surface area (Å²) in [6.45, 7) is 3.07. The number of rotatable bonds is 6. The van der Waals surface area contributed by atoms with Crippen LogP contribution in [-0.2, 0) is 17.8 Å². The van der Waals surface area contributed by atoms with Crippen LogP contribution < -0.4 is 10.6 Å². The molecule has 0 aliphatic carbocycles. The van der Waals surface area contributed by atoms with Gasteiger partial charge >= 0.3 is 0 Å². The molecule has 2 aromatic carbocycles. The van der Waals surface area contributed by atoms with E-state index in [0.717, 1.165) is 44.5 Å². The zero-order valence-corrected chi connectivity index (χ0v) is 16.4. The first-order chi connectivity index (χ1) is 13.2. The second kappa shape index (κ2) is 10.2. The van der Waals surface area contributed by atoms with Crippen molar-refractivity contribution in [3.63, 3.8) is 0 Å². The van der Waals surface area contributed by atoms with Crippen LogP contribution in [-0.4, -0.2) is 35.1 Å². The Bertz CT molecular complexity index is 728. The van der Waals surface area contributed by atoms with Crippen molar-refractivity contribution in [1.29, 1.82) is 0 Å². The predicted octanol–water partition coefficient (Wildman–Crippen LogP) is 3.27. The van der Waals surface area contributed by atoms with Gasteiger partial charge in [-0.05, 0) is 42.6 Å². The lowest BCUT2D eigenvalue weighted by Gasteiger charge is -2.32. The van der Waals surface area contributed by atoms with E-state index in [9.17, 15) is 4.79 Å². The number of amides is 1. The van der Waals surface area contributed by atoms with Crippen molar-refractivity contribution in [2.45, 2.75) is 38.3 Å². The average Bonchev–Trinajstić information content (AvgIpc) is 2.69. The summed E-state index contributed by atoms with van der Waals surface area (Å²) in [4.78, 5) is 14.5. The maximum absolute atomic E-state index is 12.1. The van der Waals surface area contributed by atoms with Crippen molar-refractivity contribution in [3.8, 4) is 0 Å². The topological polar surface area (TPSA) is 44.4 Å². The molecular formula is C22H27N3OS. The van der Waals surface area contributed by atoms with Crippen molar-refractivity contribution in [2.24, 2.45) is 0 Å². The number of aryl methyl sites for hydroxylation is 1. The van der Waals surface area contributed by atoms with Crippen LogP contribution in [0.2, 0.25) is 0 Å². The van der Waals surface area contributed by atoms with Crippen molar-refractivity contribution in [2.75, 3.05) is 13.1 Å². The largest absolute Gasteiger partial charge is 0.360 e. The molecule has 1 saturated heterocycles. The molecule has 1 aliphatic rings. The van der Waals surface area contributed by atoms with Crippen LogP contribution in [0.25, 0.3) is 0 Å². The second-order valence-corrected chi connectivity index (χ2v) is 7.45. The number of piperidine rings is 1. The molecule has 0 spiro atoms. The summed E-state index contributed by atoms with van der Waals surface area (Å²) in [6.07, 6.45) is 3.24. The fourth-order valence-electron chi connectivity index (χ4n) is 3.39. The number of thiocarbonyl (C=S) groups is 1. The molecule has 1 amide bonds. The number of carbonyl (C=O) groups excluding carboxylic acids is 1. The van der Waals surface area contributed by atoms with Gasteiger partial charge in [-0.2, -0.15) is 0 Å². The van der Waals surface area contributed by atoms with Gasteiger partial charge in [0.25, 0.3) is 0 Å². The van der Waals surface area contributed by atoms with Gasteiger partial charge < -0.3 is 10.6 Å². The van der Waals surface area contributed by atoms with E-state index in [1.54, 1.807) is 0 Å². The van der Waals surface area contributed by atoms with Gasteiger partial charge in [-0.25, -0.2) is 0 Å². The Kier molecular flexibility index (Phi) is 7.36. The molecule has 27 heavy (non-hydrogen) atoms. The molecule has 0 saturated carbocycles. The SMILES string of the molecule is O=C(CCc1ccccc1)NC(=S)NC1CCN(Cc2ccccc2)CC1. The number of hydrogen-bond donors (Lipinski definition) is 2. The van der Waals surface area contributed by atoms with Crippen LogP contribution in [0.15, 0.2) is 60.7 Å². The van der Waals surface area contributed by atoms with Gasteiger partial charge in [-0.1, -0.05) is 60.7 Å². The maximum Gasteiger partial charge on any atom is 0.226 e. The van der Waals surface area contributed by atoms with Crippen LogP contribution >= 0.6 is 12.2 Å². The highest BCUT2D eigenvalue weighted by Crippen LogP contribution is 2.13. The summed E-state index contributed by atoms with van der Waals surface area (Å²) in [5.41, 5.74) is 2.52. The summed E-state index contributed by atoms with van der Waals surface area (Å²) in [6, 6.07) is 20.9. The Morgan fingerprint density at radius 1 is 0.963 bits per heavy atom. The first-order valence-corrected chi connectivity index (χ1v) is 10.0. The van der Waals surface area contributed by atoms with Gasteiger partial charge in [0.1, 0.15) is 0 Å². The van der Waals surface area contributed by atoms with Gasteiger partial charge in [0.05, 0.1) is 0 Å². The summed E-state index contributed by atoms with van der Waals surface area (Å²) in [5.74, 6) is -0.0298. The van der Waals surface area contributed by atoms with E-state index < -0.39 is 0 Å². The van der Waals surface area contributed by atoms with E-state index in [-0.39, 0.29) is 5.91 Å². The lowest BCUT2D eigenvalue weighted by molar-refractivity contribution is -0.119. The Morgan fingerprint density at radius 2 is 1.56 bits per heavy atom. The molecular weight excluding hydrogens is 354 g/mol. The van der Waals surface area contributed by atoms with Crippen molar-refractivity contribution in [3.05, 3.63) is 71.8 Å². The van der Waals surface area contributed by atoms with Crippen molar-refractivity contribution < 1.29 is 4.79 Å². The molecule has 0 bridgehead atoms. The number of nitrogens with one attached hydrogen (secondary N) is 2. The molecule has 1 heterocycles. The smallest absolute Gasteiger partial charge is 0.226 e. The van der Waals surface area contributed by atoms with E-state index >= 15 is 0 Å². The lowest BCUT2D eigenvalue weighted by Crippen LogP contribution is -2.48. The highest BCUT2D eigenvalue weighted by molar-refractivity contribution is 7.80. The average molecular weight is 382 g/mol. The Labute approximate surface area is 167 Å². The first-order valence-electron chi connectivity index (χ1n) is 9.59. The zero-order valence-electron chi connectivity index (χ0n) is 15.6. The van der Waals surface area contributed by atoms with E-state index in [1.165, 1.54) is 5.56 Å². The molecule has 1 fully saturated rings. The summed E-state index contributed by atoms with van der Waals surface area (Å²) in [7, 11) is 0. The van der Waals surface area contributed by atoms with E-state index in [0.29, 0.717) is 17.6 Å². The molecule has 2 aromatic rings. The quantitative estimate of drug-likeness (QED) is 0.754. The van der Waals surface area contributed by atoms with E-state index in [4.69, 9.17) is 12.2 Å². The highest BCUT2D eigenvalue weighted by atomic mass is 32.1. The number of benzene rings is 2. The Hall–Kier alpha value is -2.24. The molecule has 3 rings (SSSR count). The number of likely N-dealkylation sites (tertiary alicyclic amines) is 1. The molecule has 0 aromatic heterocycles. The van der Waals surface area contributed by atoms with Crippen LogP contribution in [0, 0.1) is 0 Å². The maximum atomic E-state index is 12.1. The minimum atomic E-state index is -0.0298. The first kappa shape index (κ1) is 19.5. The molecule has 0 unspecified atom stereocenters. The number of nitrogens with zero attached hydrogens (tertiary/aromatic N) is 1. The summed E-state index contributed by atoms with van der Waals surface area (Å²) < 4.78 is 0. The molecule has 0 atom stereocenters. The Balaban J connectivity index is 1.33. The summed E-state index contributed by atoms with van der Waals surface area (Å²) in [5, 5.41) is 6.57. The molecule has 4 nitrogen and oxygen atoms in total. The third kappa shape index (κ3) is 6.77. The zero-order chi connectivity index (χ0) is 18.9. The monoisotopic (exact) mass is 381 g/mol. The summed E-state index contributed by atoms with van der Waals surface area (Å²) >= 11 is 5.32. The Morgan fingerprint density at radius 3 is 2.19 bits per heavy atom. The number of hydrogen-bond acceptors (Lipinski definition) is 3. The van der Waals surface area contributed by atoms with Gasteiger partial charge in [-0.3, -0.25) is 9.69 Å². The third-order valence-electron chi connectivity index (χ3n) is 4.91. The molecule has 142 valence electrons. The van der Waals surface area contributed by atoms with E-state index in [1.807, 2.05) is 30.3 Å². The second-order valence-electron chi connectivity index (χ2n) is 7.04. The molecule has 0 radical (unpaired) electrons. The van der Waals surface area contributed by atoms with Crippen LogP contribution in [0.3, 0.4) is 0 Å². The van der Waals surface area contributed by atoms with Crippen LogP contribution in [0.5, 0.6) is 0 Å². The van der Waals surface area contributed by atoms with Crippen LogP contribution in [0.4, 0.5) is 0 Å². The fourth-order valence-corrected chi connectivity index (χ4v) is 3.67. The predicted molar refractivity (Wildman–Crippen MR) is 113 cm³/mol. The number of carbonyl (C=O) groups is 1. The van der Waals surface area contributed by atoms with Gasteiger partial charge in [-0.15, -0.1) is 0 Å². The minimum absolute atomic E-state index is 0.0298. The highest BCUT2D eigenvalue weighted by Gasteiger charge is 2.20. The van der Waals surface area contributed by atoms with Crippen molar-refractivity contribution >= 4 is 23.2 Å². The lowest BCUT2D eigenvalue weighted by atomic mass is 10.0. The van der Waals surface area contributed by atoms with Gasteiger partial charge in [0.15, 0.2) is 5.11 Å². The third-order valence-corrected chi connectivity index (χ3v) is 5.13.